The van der Waals surface area contributed by atoms with E-state index in [0.29, 0.717) is 6.54 Å². The Bertz CT molecular complexity index is 575. The molecule has 0 spiro atoms. The van der Waals surface area contributed by atoms with Crippen molar-refractivity contribution in [2.45, 2.75) is 66.0 Å². The highest BCUT2D eigenvalue weighted by atomic mass is 19.1. The number of halogens is 1. The summed E-state index contributed by atoms with van der Waals surface area (Å²) in [6.45, 7) is 13.4. The molecule has 1 aromatic carbocycles. The summed E-state index contributed by atoms with van der Waals surface area (Å²) < 4.78 is 14.6. The Hall–Kier alpha value is -1.35. The van der Waals surface area contributed by atoms with E-state index in [1.54, 1.807) is 6.07 Å². The molecule has 0 fully saturated rings. The smallest absolute Gasteiger partial charge is 0.129 e. The summed E-state index contributed by atoms with van der Waals surface area (Å²) >= 11 is 0. The van der Waals surface area contributed by atoms with Gasteiger partial charge in [0.2, 0.25) is 0 Å². The molecular weight excluding hydrogens is 287 g/mol. The molecule has 0 unspecified atom stereocenters. The lowest BCUT2D eigenvalue weighted by Gasteiger charge is -2.43. The third kappa shape index (κ3) is 3.95. The SMILES string of the molecule is CCCCN1c2cc(F)c(CNCCC)cc2C(C)=CC1(C)C. The average molecular weight is 318 g/mol. The van der Waals surface area contributed by atoms with Gasteiger partial charge in [0.1, 0.15) is 5.82 Å². The van der Waals surface area contributed by atoms with Crippen LogP contribution in [0.5, 0.6) is 0 Å². The summed E-state index contributed by atoms with van der Waals surface area (Å²) in [6.07, 6.45) is 5.64. The van der Waals surface area contributed by atoms with E-state index in [-0.39, 0.29) is 11.4 Å². The largest absolute Gasteiger partial charge is 0.362 e. The molecule has 1 N–H and O–H groups in total. The predicted octanol–water partition coefficient (Wildman–Crippen LogP) is 5.13. The Balaban J connectivity index is 2.38. The van der Waals surface area contributed by atoms with Gasteiger partial charge in [0, 0.05) is 29.9 Å². The third-order valence-corrected chi connectivity index (χ3v) is 4.62. The number of benzene rings is 1. The highest BCUT2D eigenvalue weighted by Gasteiger charge is 2.31. The summed E-state index contributed by atoms with van der Waals surface area (Å²) in [4.78, 5) is 2.35. The van der Waals surface area contributed by atoms with E-state index >= 15 is 0 Å². The standard InChI is InChI=1S/C20H31FN2/c1-6-8-10-23-19-12-18(21)16(14-22-9-7-2)11-17(19)15(3)13-20(23,4)5/h11-13,22H,6-10,14H2,1-5H3. The number of allylic oxidation sites excluding steroid dienone is 1. The second-order valence-electron chi connectivity index (χ2n) is 7.12. The lowest BCUT2D eigenvalue weighted by Crippen LogP contribution is -2.45. The Morgan fingerprint density at radius 2 is 1.91 bits per heavy atom. The summed E-state index contributed by atoms with van der Waals surface area (Å²) in [5.74, 6) is -0.0978. The first kappa shape index (κ1) is 18.0. The van der Waals surface area contributed by atoms with Gasteiger partial charge in [-0.15, -0.1) is 0 Å². The molecule has 128 valence electrons. The Morgan fingerprint density at radius 1 is 1.17 bits per heavy atom. The van der Waals surface area contributed by atoms with Crippen LogP contribution < -0.4 is 10.2 Å². The van der Waals surface area contributed by atoms with Crippen molar-refractivity contribution in [2.24, 2.45) is 0 Å². The number of rotatable bonds is 7. The molecule has 23 heavy (non-hydrogen) atoms. The monoisotopic (exact) mass is 318 g/mol. The van der Waals surface area contributed by atoms with Crippen molar-refractivity contribution in [2.75, 3.05) is 18.0 Å². The van der Waals surface area contributed by atoms with Crippen LogP contribution in [0.1, 0.15) is 65.0 Å². The Labute approximate surface area is 140 Å². The maximum absolute atomic E-state index is 14.6. The fourth-order valence-electron chi connectivity index (χ4n) is 3.40. The quantitative estimate of drug-likeness (QED) is 0.701. The topological polar surface area (TPSA) is 15.3 Å². The van der Waals surface area contributed by atoms with Crippen LogP contribution >= 0.6 is 0 Å². The lowest BCUT2D eigenvalue weighted by molar-refractivity contribution is 0.534. The van der Waals surface area contributed by atoms with Crippen molar-refractivity contribution in [3.05, 3.63) is 35.2 Å². The Kier molecular flexibility index (Phi) is 5.85. The van der Waals surface area contributed by atoms with Gasteiger partial charge in [0.25, 0.3) is 0 Å². The van der Waals surface area contributed by atoms with Crippen LogP contribution in [0.2, 0.25) is 0 Å². The summed E-state index contributed by atoms with van der Waals surface area (Å²) in [5.41, 5.74) is 4.16. The number of nitrogens with zero attached hydrogens (tertiary/aromatic N) is 1. The van der Waals surface area contributed by atoms with Crippen molar-refractivity contribution in [3.8, 4) is 0 Å². The number of anilines is 1. The molecule has 1 aliphatic rings. The number of hydrogen-bond donors (Lipinski definition) is 1. The molecule has 0 saturated heterocycles. The van der Waals surface area contributed by atoms with E-state index in [9.17, 15) is 4.39 Å². The molecule has 3 heteroatoms. The van der Waals surface area contributed by atoms with Crippen LogP contribution in [-0.4, -0.2) is 18.6 Å². The first-order chi connectivity index (χ1) is 10.9. The zero-order valence-corrected chi connectivity index (χ0v) is 15.3. The van der Waals surface area contributed by atoms with Gasteiger partial charge in [-0.2, -0.15) is 0 Å². The van der Waals surface area contributed by atoms with Crippen molar-refractivity contribution in [3.63, 3.8) is 0 Å². The van der Waals surface area contributed by atoms with Crippen LogP contribution in [0.15, 0.2) is 18.2 Å². The molecule has 0 aromatic heterocycles. The molecule has 0 bridgehead atoms. The molecular formula is C20H31FN2. The normalized spacial score (nSPS) is 16.3. The molecule has 1 aliphatic heterocycles. The molecule has 0 atom stereocenters. The van der Waals surface area contributed by atoms with E-state index in [1.807, 2.05) is 6.07 Å². The van der Waals surface area contributed by atoms with Gasteiger partial charge < -0.3 is 10.2 Å². The molecule has 0 aliphatic carbocycles. The lowest BCUT2D eigenvalue weighted by atomic mass is 9.87. The van der Waals surface area contributed by atoms with Gasteiger partial charge in [0.15, 0.2) is 0 Å². The number of unbranched alkanes of at least 4 members (excludes halogenated alkanes) is 1. The van der Waals surface area contributed by atoms with E-state index in [0.717, 1.165) is 43.6 Å². The second kappa shape index (κ2) is 7.48. The van der Waals surface area contributed by atoms with Crippen molar-refractivity contribution in [1.82, 2.24) is 5.32 Å². The van der Waals surface area contributed by atoms with Gasteiger partial charge in [-0.05, 0) is 57.9 Å². The molecule has 1 heterocycles. The van der Waals surface area contributed by atoms with E-state index < -0.39 is 0 Å². The van der Waals surface area contributed by atoms with Crippen LogP contribution in [0, 0.1) is 5.82 Å². The van der Waals surface area contributed by atoms with E-state index in [1.165, 1.54) is 11.1 Å². The van der Waals surface area contributed by atoms with Gasteiger partial charge in [0.05, 0.1) is 5.54 Å². The van der Waals surface area contributed by atoms with Crippen molar-refractivity contribution in [1.29, 1.82) is 0 Å². The maximum atomic E-state index is 14.6. The fraction of sp³-hybridized carbons (Fsp3) is 0.600. The zero-order valence-electron chi connectivity index (χ0n) is 15.3. The minimum absolute atomic E-state index is 0.0688. The fourth-order valence-corrected chi connectivity index (χ4v) is 3.40. The molecule has 1 aromatic rings. The predicted molar refractivity (Wildman–Crippen MR) is 98.4 cm³/mol. The second-order valence-corrected chi connectivity index (χ2v) is 7.12. The van der Waals surface area contributed by atoms with Crippen LogP contribution in [-0.2, 0) is 6.54 Å². The summed E-state index contributed by atoms with van der Waals surface area (Å²) in [5, 5.41) is 3.30. The Morgan fingerprint density at radius 3 is 2.57 bits per heavy atom. The third-order valence-electron chi connectivity index (χ3n) is 4.62. The van der Waals surface area contributed by atoms with E-state index in [2.05, 4.69) is 50.9 Å². The molecule has 0 amide bonds. The van der Waals surface area contributed by atoms with Crippen LogP contribution in [0.25, 0.3) is 5.57 Å². The van der Waals surface area contributed by atoms with E-state index in [4.69, 9.17) is 0 Å². The molecule has 2 nitrogen and oxygen atoms in total. The van der Waals surface area contributed by atoms with Crippen molar-refractivity contribution >= 4 is 11.3 Å². The maximum Gasteiger partial charge on any atom is 0.129 e. The highest BCUT2D eigenvalue weighted by molar-refractivity contribution is 5.81. The van der Waals surface area contributed by atoms with Crippen LogP contribution in [0.4, 0.5) is 10.1 Å². The number of hydrogen-bond acceptors (Lipinski definition) is 2. The van der Waals surface area contributed by atoms with Gasteiger partial charge in [-0.1, -0.05) is 26.3 Å². The average Bonchev–Trinajstić information content (AvgIpc) is 2.47. The highest BCUT2D eigenvalue weighted by Crippen LogP contribution is 2.40. The summed E-state index contributed by atoms with van der Waals surface area (Å²) in [7, 11) is 0. The van der Waals surface area contributed by atoms with Crippen LogP contribution in [0.3, 0.4) is 0 Å². The summed E-state index contributed by atoms with van der Waals surface area (Å²) in [6, 6.07) is 3.78. The first-order valence-electron chi connectivity index (χ1n) is 8.91. The molecule has 2 rings (SSSR count). The number of fused-ring (bicyclic) bond motifs is 1. The van der Waals surface area contributed by atoms with Gasteiger partial charge in [-0.25, -0.2) is 4.39 Å². The zero-order chi connectivity index (χ0) is 17.0. The molecule has 0 saturated carbocycles. The van der Waals surface area contributed by atoms with Gasteiger partial charge >= 0.3 is 0 Å². The first-order valence-corrected chi connectivity index (χ1v) is 8.91. The van der Waals surface area contributed by atoms with Gasteiger partial charge in [-0.3, -0.25) is 0 Å². The minimum atomic E-state index is -0.0978. The minimum Gasteiger partial charge on any atom is -0.362 e. The number of nitrogens with one attached hydrogen (secondary N) is 1. The van der Waals surface area contributed by atoms with Crippen molar-refractivity contribution < 1.29 is 4.39 Å². The molecule has 0 radical (unpaired) electrons.